The molecule has 0 amide bonds. The van der Waals surface area contributed by atoms with Crippen molar-refractivity contribution < 1.29 is 0 Å². The minimum Gasteiger partial charge on any atom is -0.256 e. The van der Waals surface area contributed by atoms with Gasteiger partial charge in [0.25, 0.3) is 0 Å². The first-order valence-corrected chi connectivity index (χ1v) is 18.6. The molecule has 2 heterocycles. The summed E-state index contributed by atoms with van der Waals surface area (Å²) in [6.45, 7) is 0. The molecule has 0 radical (unpaired) electrons. The summed E-state index contributed by atoms with van der Waals surface area (Å²) < 4.78 is 0. The Morgan fingerprint density at radius 2 is 0.909 bits per heavy atom. The van der Waals surface area contributed by atoms with Crippen LogP contribution in [0.2, 0.25) is 0 Å². The molecular formula is C51H32N4. The normalized spacial score (nSPS) is 11.6. The zero-order chi connectivity index (χ0) is 36.3. The Balaban J connectivity index is 0.981. The monoisotopic (exact) mass is 700 g/mol. The predicted octanol–water partition coefficient (Wildman–Crippen LogP) is 13.1. The van der Waals surface area contributed by atoms with Crippen molar-refractivity contribution >= 4 is 54.3 Å². The molecule has 0 atom stereocenters. The molecule has 0 aliphatic carbocycles. The fourth-order valence-corrected chi connectivity index (χ4v) is 8.25. The van der Waals surface area contributed by atoms with Crippen LogP contribution in [0.25, 0.3) is 104 Å². The zero-order valence-electron chi connectivity index (χ0n) is 29.8. The Labute approximate surface area is 317 Å². The number of para-hydroxylation sites is 1. The molecule has 256 valence electrons. The lowest BCUT2D eigenvalue weighted by atomic mass is 9.84. The highest BCUT2D eigenvalue weighted by atomic mass is 15.5. The number of hydrogen-bond acceptors (Lipinski definition) is 3. The van der Waals surface area contributed by atoms with Crippen molar-refractivity contribution in [3.8, 4) is 50.2 Å². The maximum Gasteiger partial charge on any atom is 0.114 e. The van der Waals surface area contributed by atoms with Crippen LogP contribution in [-0.2, 0) is 0 Å². The lowest BCUT2D eigenvalue weighted by molar-refractivity contribution is 0.766. The number of nitrogens with zero attached hydrogens (tertiary/aromatic N) is 4. The Kier molecular flexibility index (Phi) is 7.14. The molecule has 0 bridgehead atoms. The van der Waals surface area contributed by atoms with Gasteiger partial charge in [-0.25, -0.2) is 0 Å². The van der Waals surface area contributed by atoms with E-state index in [1.54, 1.807) is 4.80 Å². The van der Waals surface area contributed by atoms with Crippen molar-refractivity contribution in [3.63, 3.8) is 0 Å². The SMILES string of the molecule is c1cc(-c2ccc3nn(-c4ccc(-c5cnc6ccccc6c5)cc4)nc3c2)cc(-c2c3ccccc3c(-c3cccc4ccccc34)c3ccccc23)c1. The smallest absolute Gasteiger partial charge is 0.114 e. The molecule has 0 saturated heterocycles. The molecule has 0 fully saturated rings. The lowest BCUT2D eigenvalue weighted by Gasteiger charge is -2.19. The average Bonchev–Trinajstić information content (AvgIpc) is 3.69. The molecule has 0 aliphatic rings. The van der Waals surface area contributed by atoms with E-state index < -0.39 is 0 Å². The van der Waals surface area contributed by atoms with Crippen LogP contribution >= 0.6 is 0 Å². The summed E-state index contributed by atoms with van der Waals surface area (Å²) in [6.07, 6.45) is 1.93. The van der Waals surface area contributed by atoms with E-state index in [1.807, 2.05) is 24.4 Å². The average molecular weight is 701 g/mol. The minimum absolute atomic E-state index is 0.848. The molecular weight excluding hydrogens is 669 g/mol. The van der Waals surface area contributed by atoms with Crippen LogP contribution in [-0.4, -0.2) is 20.0 Å². The molecule has 11 rings (SSSR count). The summed E-state index contributed by atoms with van der Waals surface area (Å²) in [5.41, 5.74) is 13.0. The van der Waals surface area contributed by atoms with E-state index >= 15 is 0 Å². The van der Waals surface area contributed by atoms with Gasteiger partial charge in [0.05, 0.1) is 11.2 Å². The molecule has 4 nitrogen and oxygen atoms in total. The van der Waals surface area contributed by atoms with E-state index in [2.05, 4.69) is 175 Å². The van der Waals surface area contributed by atoms with Crippen LogP contribution in [0.4, 0.5) is 0 Å². The van der Waals surface area contributed by atoms with Gasteiger partial charge in [0.15, 0.2) is 0 Å². The summed E-state index contributed by atoms with van der Waals surface area (Å²) in [6, 6.07) is 67.0. The van der Waals surface area contributed by atoms with Crippen LogP contribution in [0, 0.1) is 0 Å². The van der Waals surface area contributed by atoms with Gasteiger partial charge in [-0.15, -0.1) is 10.2 Å². The molecule has 9 aromatic carbocycles. The second kappa shape index (κ2) is 12.6. The van der Waals surface area contributed by atoms with Crippen LogP contribution < -0.4 is 0 Å². The molecule has 11 aromatic rings. The summed E-state index contributed by atoms with van der Waals surface area (Å²) in [7, 11) is 0. The Hall–Kier alpha value is -7.43. The van der Waals surface area contributed by atoms with Crippen molar-refractivity contribution in [2.45, 2.75) is 0 Å². The van der Waals surface area contributed by atoms with Crippen LogP contribution in [0.5, 0.6) is 0 Å². The Morgan fingerprint density at radius 3 is 1.69 bits per heavy atom. The second-order valence-corrected chi connectivity index (χ2v) is 14.1. The lowest BCUT2D eigenvalue weighted by Crippen LogP contribution is -1.98. The third-order valence-corrected chi connectivity index (χ3v) is 10.9. The highest BCUT2D eigenvalue weighted by Crippen LogP contribution is 2.45. The molecule has 0 saturated carbocycles. The fourth-order valence-electron chi connectivity index (χ4n) is 8.25. The third kappa shape index (κ3) is 5.26. The van der Waals surface area contributed by atoms with E-state index in [9.17, 15) is 0 Å². The van der Waals surface area contributed by atoms with Gasteiger partial charge < -0.3 is 0 Å². The molecule has 2 aromatic heterocycles. The van der Waals surface area contributed by atoms with Crippen molar-refractivity contribution in [2.75, 3.05) is 0 Å². The zero-order valence-corrected chi connectivity index (χ0v) is 29.8. The van der Waals surface area contributed by atoms with Gasteiger partial charge in [-0.2, -0.15) is 4.80 Å². The van der Waals surface area contributed by atoms with E-state index in [0.717, 1.165) is 49.9 Å². The molecule has 4 heteroatoms. The fraction of sp³-hybridized carbons (Fsp3) is 0. The number of aromatic nitrogens is 4. The van der Waals surface area contributed by atoms with Crippen molar-refractivity contribution in [1.29, 1.82) is 0 Å². The molecule has 0 spiro atoms. The van der Waals surface area contributed by atoms with Gasteiger partial charge in [0, 0.05) is 17.1 Å². The highest BCUT2D eigenvalue weighted by Gasteiger charge is 2.18. The minimum atomic E-state index is 0.848. The van der Waals surface area contributed by atoms with Gasteiger partial charge in [0.2, 0.25) is 0 Å². The molecule has 0 unspecified atom stereocenters. The Bertz CT molecular complexity index is 3200. The van der Waals surface area contributed by atoms with Crippen LogP contribution in [0.1, 0.15) is 0 Å². The second-order valence-electron chi connectivity index (χ2n) is 14.1. The number of benzene rings is 9. The standard InChI is InChI=1S/C51H32N4/c1-3-16-41-34(11-1)13-10-21-42(41)51-45-19-6-4-17-43(45)50(44-18-5-7-20-46(44)51)38-15-9-14-35(29-38)36-25-28-48-49(31-36)54-55(53-48)40-26-23-33(24-27-40)39-30-37-12-2-8-22-47(37)52-32-39/h1-32H. The van der Waals surface area contributed by atoms with Crippen molar-refractivity contribution in [2.24, 2.45) is 0 Å². The van der Waals surface area contributed by atoms with Gasteiger partial charge in [-0.05, 0) is 114 Å². The molecule has 55 heavy (non-hydrogen) atoms. The molecule has 0 aliphatic heterocycles. The summed E-state index contributed by atoms with van der Waals surface area (Å²) >= 11 is 0. The third-order valence-electron chi connectivity index (χ3n) is 10.9. The van der Waals surface area contributed by atoms with Gasteiger partial charge in [0.1, 0.15) is 11.0 Å². The van der Waals surface area contributed by atoms with Crippen molar-refractivity contribution in [1.82, 2.24) is 20.0 Å². The van der Waals surface area contributed by atoms with E-state index in [1.165, 1.54) is 54.6 Å². The largest absolute Gasteiger partial charge is 0.256 e. The number of hydrogen-bond donors (Lipinski definition) is 0. The summed E-state index contributed by atoms with van der Waals surface area (Å²) in [4.78, 5) is 6.37. The van der Waals surface area contributed by atoms with E-state index in [-0.39, 0.29) is 0 Å². The molecule has 0 N–H and O–H groups in total. The number of rotatable bonds is 5. The summed E-state index contributed by atoms with van der Waals surface area (Å²) in [5.74, 6) is 0. The topological polar surface area (TPSA) is 43.6 Å². The van der Waals surface area contributed by atoms with E-state index in [0.29, 0.717) is 0 Å². The maximum atomic E-state index is 4.93. The predicted molar refractivity (Wildman–Crippen MR) is 228 cm³/mol. The van der Waals surface area contributed by atoms with Gasteiger partial charge in [-0.1, -0.05) is 146 Å². The van der Waals surface area contributed by atoms with Gasteiger partial charge >= 0.3 is 0 Å². The van der Waals surface area contributed by atoms with Crippen LogP contribution in [0.15, 0.2) is 194 Å². The van der Waals surface area contributed by atoms with Crippen molar-refractivity contribution in [3.05, 3.63) is 194 Å². The van der Waals surface area contributed by atoms with Gasteiger partial charge in [-0.3, -0.25) is 4.98 Å². The van der Waals surface area contributed by atoms with E-state index in [4.69, 9.17) is 10.2 Å². The quantitative estimate of drug-likeness (QED) is 0.168. The first kappa shape index (κ1) is 31.1. The summed E-state index contributed by atoms with van der Waals surface area (Å²) in [5, 5.41) is 18.4. The Morgan fingerprint density at radius 1 is 0.327 bits per heavy atom. The first-order chi connectivity index (χ1) is 27.2. The number of fused-ring (bicyclic) bond motifs is 5. The maximum absolute atomic E-state index is 4.93. The van der Waals surface area contributed by atoms with Crippen LogP contribution in [0.3, 0.4) is 0 Å². The number of pyridine rings is 1. The first-order valence-electron chi connectivity index (χ1n) is 18.6. The highest BCUT2D eigenvalue weighted by molar-refractivity contribution is 6.23.